The van der Waals surface area contributed by atoms with Gasteiger partial charge in [0.1, 0.15) is 5.75 Å². The SMILES string of the molecule is COc1cc(NC(=O)c2cc(C)c(C)s2)ccc1NS(C)(=O)=O. The molecule has 2 N–H and O–H groups in total. The summed E-state index contributed by atoms with van der Waals surface area (Å²) in [7, 11) is -1.98. The Balaban J connectivity index is 2.22. The number of sulfonamides is 1. The van der Waals surface area contributed by atoms with E-state index >= 15 is 0 Å². The Kier molecular flexibility index (Phi) is 4.96. The second kappa shape index (κ2) is 6.59. The maximum absolute atomic E-state index is 12.2. The van der Waals surface area contributed by atoms with Gasteiger partial charge in [0.05, 0.1) is 23.9 Å². The average Bonchev–Trinajstić information content (AvgIpc) is 2.79. The van der Waals surface area contributed by atoms with Crippen molar-refractivity contribution in [2.45, 2.75) is 13.8 Å². The highest BCUT2D eigenvalue weighted by atomic mass is 32.2. The molecule has 1 aromatic carbocycles. The summed E-state index contributed by atoms with van der Waals surface area (Å²) in [5, 5.41) is 2.78. The first kappa shape index (κ1) is 17.3. The Labute approximate surface area is 139 Å². The molecule has 23 heavy (non-hydrogen) atoms. The van der Waals surface area contributed by atoms with Gasteiger partial charge < -0.3 is 10.1 Å². The second-order valence-corrected chi connectivity index (χ2v) is 8.10. The lowest BCUT2D eigenvalue weighted by atomic mass is 10.2. The third-order valence-electron chi connectivity index (χ3n) is 3.14. The van der Waals surface area contributed by atoms with Crippen molar-refractivity contribution in [3.8, 4) is 5.75 Å². The number of hydrogen-bond acceptors (Lipinski definition) is 5. The first-order valence-electron chi connectivity index (χ1n) is 6.74. The third-order valence-corrected chi connectivity index (χ3v) is 4.89. The summed E-state index contributed by atoms with van der Waals surface area (Å²) in [5.41, 5.74) is 1.91. The third kappa shape index (κ3) is 4.46. The number of ether oxygens (including phenoxy) is 1. The number of hydrogen-bond donors (Lipinski definition) is 2. The predicted octanol–water partition coefficient (Wildman–Crippen LogP) is 3.00. The molecule has 8 heteroatoms. The van der Waals surface area contributed by atoms with Crippen LogP contribution in [0.15, 0.2) is 24.3 Å². The van der Waals surface area contributed by atoms with E-state index in [4.69, 9.17) is 4.74 Å². The van der Waals surface area contributed by atoms with Crippen LogP contribution in [0.3, 0.4) is 0 Å². The van der Waals surface area contributed by atoms with Gasteiger partial charge in [0.2, 0.25) is 10.0 Å². The van der Waals surface area contributed by atoms with Crippen LogP contribution in [0.5, 0.6) is 5.75 Å². The van der Waals surface area contributed by atoms with Crippen LogP contribution in [0.4, 0.5) is 11.4 Å². The van der Waals surface area contributed by atoms with Crippen molar-refractivity contribution in [1.29, 1.82) is 0 Å². The summed E-state index contributed by atoms with van der Waals surface area (Å²) in [6.45, 7) is 3.92. The molecule has 0 atom stereocenters. The first-order valence-corrected chi connectivity index (χ1v) is 9.44. The molecule has 2 aromatic rings. The summed E-state index contributed by atoms with van der Waals surface area (Å²) in [6, 6.07) is 6.56. The van der Waals surface area contributed by atoms with E-state index in [0.29, 0.717) is 22.0 Å². The van der Waals surface area contributed by atoms with Crippen LogP contribution in [0.2, 0.25) is 0 Å². The fourth-order valence-electron chi connectivity index (χ4n) is 1.93. The Hall–Kier alpha value is -2.06. The van der Waals surface area contributed by atoms with Crippen molar-refractivity contribution in [2.24, 2.45) is 0 Å². The van der Waals surface area contributed by atoms with E-state index in [0.717, 1.165) is 16.7 Å². The molecule has 124 valence electrons. The molecule has 0 fully saturated rings. The van der Waals surface area contributed by atoms with Crippen LogP contribution in [-0.2, 0) is 10.0 Å². The maximum Gasteiger partial charge on any atom is 0.265 e. The lowest BCUT2D eigenvalue weighted by Crippen LogP contribution is -2.12. The number of amides is 1. The number of methoxy groups -OCH3 is 1. The smallest absolute Gasteiger partial charge is 0.265 e. The van der Waals surface area contributed by atoms with Crippen LogP contribution >= 0.6 is 11.3 Å². The molecule has 1 heterocycles. The molecule has 0 saturated carbocycles. The van der Waals surface area contributed by atoms with Gasteiger partial charge in [-0.3, -0.25) is 9.52 Å². The van der Waals surface area contributed by atoms with E-state index in [-0.39, 0.29) is 5.91 Å². The number of rotatable bonds is 5. The van der Waals surface area contributed by atoms with E-state index < -0.39 is 10.0 Å². The molecule has 0 radical (unpaired) electrons. The number of nitrogens with one attached hydrogen (secondary N) is 2. The van der Waals surface area contributed by atoms with Crippen LogP contribution in [0.1, 0.15) is 20.1 Å². The highest BCUT2D eigenvalue weighted by Gasteiger charge is 2.13. The van der Waals surface area contributed by atoms with Gasteiger partial charge in [-0.05, 0) is 37.6 Å². The van der Waals surface area contributed by atoms with Crippen LogP contribution in [0, 0.1) is 13.8 Å². The van der Waals surface area contributed by atoms with Gasteiger partial charge in [-0.2, -0.15) is 0 Å². The molecule has 6 nitrogen and oxygen atoms in total. The summed E-state index contributed by atoms with van der Waals surface area (Å²) in [5.74, 6) is 0.115. The van der Waals surface area contributed by atoms with Crippen molar-refractivity contribution in [3.05, 3.63) is 39.6 Å². The summed E-state index contributed by atoms with van der Waals surface area (Å²) >= 11 is 1.43. The maximum atomic E-state index is 12.2. The highest BCUT2D eigenvalue weighted by Crippen LogP contribution is 2.29. The number of anilines is 2. The average molecular weight is 354 g/mol. The molecular formula is C15H18N2O4S2. The van der Waals surface area contributed by atoms with Crippen molar-refractivity contribution >= 4 is 38.6 Å². The van der Waals surface area contributed by atoms with Gasteiger partial charge >= 0.3 is 0 Å². The molecule has 2 rings (SSSR count). The Bertz CT molecular complexity index is 822. The van der Waals surface area contributed by atoms with Gasteiger partial charge in [0.25, 0.3) is 5.91 Å². The quantitative estimate of drug-likeness (QED) is 0.864. The predicted molar refractivity (Wildman–Crippen MR) is 93.2 cm³/mol. The Morgan fingerprint density at radius 1 is 1.22 bits per heavy atom. The molecule has 0 saturated heterocycles. The summed E-state index contributed by atoms with van der Waals surface area (Å²) in [4.78, 5) is 14.0. The molecular weight excluding hydrogens is 336 g/mol. The minimum atomic E-state index is -3.41. The van der Waals surface area contributed by atoms with Crippen LogP contribution < -0.4 is 14.8 Å². The summed E-state index contributed by atoms with van der Waals surface area (Å²) in [6.07, 6.45) is 1.06. The van der Waals surface area contributed by atoms with Crippen molar-refractivity contribution < 1.29 is 17.9 Å². The van der Waals surface area contributed by atoms with E-state index in [2.05, 4.69) is 10.0 Å². The van der Waals surface area contributed by atoms with Crippen LogP contribution in [-0.4, -0.2) is 27.7 Å². The monoisotopic (exact) mass is 354 g/mol. The zero-order chi connectivity index (χ0) is 17.2. The normalized spacial score (nSPS) is 11.1. The lowest BCUT2D eigenvalue weighted by molar-refractivity contribution is 0.103. The van der Waals surface area contributed by atoms with Gasteiger partial charge in [-0.1, -0.05) is 0 Å². The zero-order valence-electron chi connectivity index (χ0n) is 13.3. The van der Waals surface area contributed by atoms with Gasteiger partial charge in [-0.15, -0.1) is 11.3 Å². The number of carbonyl (C=O) groups is 1. The topological polar surface area (TPSA) is 84.5 Å². The van der Waals surface area contributed by atoms with E-state index in [1.54, 1.807) is 18.2 Å². The molecule has 0 aliphatic rings. The Morgan fingerprint density at radius 2 is 1.91 bits per heavy atom. The van der Waals surface area contributed by atoms with Gasteiger partial charge in [0, 0.05) is 16.6 Å². The van der Waals surface area contributed by atoms with Gasteiger partial charge in [-0.25, -0.2) is 8.42 Å². The van der Waals surface area contributed by atoms with Crippen molar-refractivity contribution in [3.63, 3.8) is 0 Å². The van der Waals surface area contributed by atoms with Crippen molar-refractivity contribution in [2.75, 3.05) is 23.4 Å². The van der Waals surface area contributed by atoms with Gasteiger partial charge in [0.15, 0.2) is 0 Å². The number of benzene rings is 1. The lowest BCUT2D eigenvalue weighted by Gasteiger charge is -2.12. The molecule has 0 aliphatic heterocycles. The molecule has 0 unspecified atom stereocenters. The van der Waals surface area contributed by atoms with E-state index in [1.165, 1.54) is 18.4 Å². The van der Waals surface area contributed by atoms with E-state index in [9.17, 15) is 13.2 Å². The van der Waals surface area contributed by atoms with E-state index in [1.807, 2.05) is 19.9 Å². The Morgan fingerprint density at radius 3 is 2.43 bits per heavy atom. The fraction of sp³-hybridized carbons (Fsp3) is 0.267. The molecule has 0 spiro atoms. The highest BCUT2D eigenvalue weighted by molar-refractivity contribution is 7.92. The molecule has 1 amide bonds. The molecule has 0 bridgehead atoms. The minimum Gasteiger partial charge on any atom is -0.494 e. The number of carbonyl (C=O) groups excluding carboxylic acids is 1. The minimum absolute atomic E-state index is 0.211. The fourth-order valence-corrected chi connectivity index (χ4v) is 3.43. The zero-order valence-corrected chi connectivity index (χ0v) is 14.9. The standard InChI is InChI=1S/C15H18N2O4S2/c1-9-7-14(22-10(9)2)15(18)16-11-5-6-12(13(8-11)21-3)17-23(4,19)20/h5-8,17H,1-4H3,(H,16,18). The van der Waals surface area contributed by atoms with Crippen molar-refractivity contribution in [1.82, 2.24) is 0 Å². The molecule has 1 aromatic heterocycles. The summed E-state index contributed by atoms with van der Waals surface area (Å²) < 4.78 is 30.2. The number of aryl methyl sites for hydroxylation is 2. The first-order chi connectivity index (χ1) is 10.7. The second-order valence-electron chi connectivity index (χ2n) is 5.09. The molecule has 0 aliphatic carbocycles. The number of thiophene rings is 1. The largest absolute Gasteiger partial charge is 0.494 e. The van der Waals surface area contributed by atoms with Crippen LogP contribution in [0.25, 0.3) is 0 Å².